The molecule has 0 atom stereocenters. The maximum atomic E-state index is 10.8. The molecular formula is C29H28N10O3S2. The molecule has 0 aliphatic rings. The van der Waals surface area contributed by atoms with E-state index >= 15 is 0 Å². The monoisotopic (exact) mass is 628 g/mol. The van der Waals surface area contributed by atoms with Gasteiger partial charge in [0.15, 0.2) is 10.2 Å². The van der Waals surface area contributed by atoms with Crippen LogP contribution < -0.4 is 53.2 Å². The molecule has 0 saturated carbocycles. The third-order valence-electron chi connectivity index (χ3n) is 5.80. The van der Waals surface area contributed by atoms with Crippen molar-refractivity contribution < 1.29 is 14.4 Å². The van der Waals surface area contributed by atoms with Gasteiger partial charge in [0.25, 0.3) is 0 Å². The number of thiocarbonyl (C=S) groups is 2. The lowest BCUT2D eigenvalue weighted by atomic mass is 10.2. The summed E-state index contributed by atoms with van der Waals surface area (Å²) in [7, 11) is 0. The number of carbonyl (C=O) groups is 3. The zero-order chi connectivity index (χ0) is 31.1. The van der Waals surface area contributed by atoms with Gasteiger partial charge < -0.3 is 10.6 Å². The molecule has 0 fully saturated rings. The van der Waals surface area contributed by atoms with Gasteiger partial charge in [-0.05, 0) is 109 Å². The minimum Gasteiger partial charge on any atom is -0.331 e. The number of nitrogens with zero attached hydrogens (tertiary/aromatic N) is 2. The van der Waals surface area contributed by atoms with E-state index in [1.54, 1.807) is 58.5 Å². The summed E-state index contributed by atoms with van der Waals surface area (Å²) in [4.78, 5) is 32.1. The first-order chi connectivity index (χ1) is 21.5. The Morgan fingerprint density at radius 2 is 0.773 bits per heavy atom. The summed E-state index contributed by atoms with van der Waals surface area (Å²) < 4.78 is 0. The Hall–Kier alpha value is -5.93. The average Bonchev–Trinajstić information content (AvgIpc) is 3.06. The Labute approximate surface area is 263 Å². The van der Waals surface area contributed by atoms with E-state index in [0.29, 0.717) is 58.5 Å². The van der Waals surface area contributed by atoms with Gasteiger partial charge in [0.05, 0.1) is 28.4 Å². The molecular weight excluding hydrogens is 601 g/mol. The molecule has 0 radical (unpaired) electrons. The van der Waals surface area contributed by atoms with Crippen molar-refractivity contribution >= 4 is 93.7 Å². The molecule has 0 spiro atoms. The maximum absolute atomic E-state index is 10.8. The lowest BCUT2D eigenvalue weighted by molar-refractivity contribution is -0.109. The van der Waals surface area contributed by atoms with Gasteiger partial charge in [0.1, 0.15) is 0 Å². The predicted octanol–water partition coefficient (Wildman–Crippen LogP) is 3.93. The second-order valence-electron chi connectivity index (χ2n) is 8.68. The number of anilines is 7. The number of hydrazine groups is 4. The number of hydrogen-bond donors (Lipinski definition) is 8. The van der Waals surface area contributed by atoms with E-state index in [2.05, 4.69) is 43.2 Å². The highest BCUT2D eigenvalue weighted by Crippen LogP contribution is 2.28. The molecule has 0 aliphatic heterocycles. The number of nitrogens with one attached hydrogen (secondary N) is 8. The highest BCUT2D eigenvalue weighted by Gasteiger charge is 2.26. The Morgan fingerprint density at radius 1 is 0.455 bits per heavy atom. The van der Waals surface area contributed by atoms with Crippen LogP contribution >= 0.6 is 24.4 Å². The van der Waals surface area contributed by atoms with Crippen LogP contribution in [0.4, 0.5) is 39.8 Å². The molecule has 0 bridgehead atoms. The van der Waals surface area contributed by atoms with E-state index in [1.165, 1.54) is 0 Å². The number of rotatable bonds is 13. The van der Waals surface area contributed by atoms with Crippen LogP contribution in [0.2, 0.25) is 0 Å². The first kappa shape index (κ1) is 31.0. The number of benzene rings is 4. The van der Waals surface area contributed by atoms with Crippen molar-refractivity contribution in [3.63, 3.8) is 0 Å². The van der Waals surface area contributed by atoms with Crippen LogP contribution in [0.25, 0.3) is 0 Å². The summed E-state index contributed by atoms with van der Waals surface area (Å²) in [6.45, 7) is 0. The van der Waals surface area contributed by atoms with Crippen LogP contribution in [-0.4, -0.2) is 29.5 Å². The van der Waals surface area contributed by atoms with E-state index in [9.17, 15) is 14.4 Å². The van der Waals surface area contributed by atoms with E-state index in [1.807, 2.05) is 54.6 Å². The molecule has 224 valence electrons. The van der Waals surface area contributed by atoms with Gasteiger partial charge in [-0.3, -0.25) is 46.9 Å². The van der Waals surface area contributed by atoms with E-state index in [0.717, 1.165) is 5.69 Å². The summed E-state index contributed by atoms with van der Waals surface area (Å²) in [5.41, 5.74) is 20.2. The molecule has 13 nitrogen and oxygen atoms in total. The molecule has 4 aromatic rings. The summed E-state index contributed by atoms with van der Waals surface area (Å²) in [5, 5.41) is 10.5. The molecule has 4 aromatic carbocycles. The van der Waals surface area contributed by atoms with E-state index < -0.39 is 0 Å². The van der Waals surface area contributed by atoms with Crippen molar-refractivity contribution in [1.82, 2.24) is 16.3 Å². The van der Waals surface area contributed by atoms with Crippen molar-refractivity contribution in [2.24, 2.45) is 0 Å². The van der Waals surface area contributed by atoms with E-state index in [-0.39, 0.29) is 5.11 Å². The van der Waals surface area contributed by atoms with Crippen LogP contribution in [0.1, 0.15) is 0 Å². The number of hydrogen-bond acceptors (Lipinski definition) is 8. The highest BCUT2D eigenvalue weighted by atomic mass is 32.1. The first-order valence-electron chi connectivity index (χ1n) is 13.0. The molecule has 0 aromatic heterocycles. The quantitative estimate of drug-likeness (QED) is 0.0615. The number of para-hydroxylation sites is 1. The molecule has 4 rings (SSSR count). The smallest absolute Gasteiger partial charge is 0.225 e. The van der Waals surface area contributed by atoms with Crippen LogP contribution in [0, 0.1) is 0 Å². The van der Waals surface area contributed by atoms with Crippen molar-refractivity contribution in [2.45, 2.75) is 0 Å². The largest absolute Gasteiger partial charge is 0.331 e. The van der Waals surface area contributed by atoms with Crippen molar-refractivity contribution in [2.75, 3.05) is 36.9 Å². The molecule has 0 aliphatic carbocycles. The number of carbonyl (C=O) groups excluding carboxylic acids is 3. The molecule has 15 heteroatoms. The SMILES string of the molecule is O=CNNc1ccc(NC(=S)N(c2ccc(NNC=O)cc2)N(C(=S)Nc2ccccc2)c2ccc(NNC=O)cc2)cc1. The van der Waals surface area contributed by atoms with Crippen molar-refractivity contribution in [3.8, 4) is 0 Å². The zero-order valence-electron chi connectivity index (χ0n) is 23.0. The van der Waals surface area contributed by atoms with Gasteiger partial charge >= 0.3 is 0 Å². The fourth-order valence-corrected chi connectivity index (χ4v) is 4.48. The van der Waals surface area contributed by atoms with Gasteiger partial charge in [-0.25, -0.2) is 10.0 Å². The molecule has 44 heavy (non-hydrogen) atoms. The third-order valence-corrected chi connectivity index (χ3v) is 6.35. The third kappa shape index (κ3) is 8.54. The summed E-state index contributed by atoms with van der Waals surface area (Å²) >= 11 is 11.9. The van der Waals surface area contributed by atoms with Crippen LogP contribution in [0.15, 0.2) is 103 Å². The minimum atomic E-state index is 0.269. The van der Waals surface area contributed by atoms with Crippen LogP contribution in [0.5, 0.6) is 0 Å². The van der Waals surface area contributed by atoms with Crippen molar-refractivity contribution in [1.29, 1.82) is 0 Å². The van der Waals surface area contributed by atoms with E-state index in [4.69, 9.17) is 24.4 Å². The Morgan fingerprint density at radius 3 is 1.14 bits per heavy atom. The second kappa shape index (κ2) is 15.9. The lowest BCUT2D eigenvalue weighted by Crippen LogP contribution is -2.53. The lowest BCUT2D eigenvalue weighted by Gasteiger charge is -2.38. The highest BCUT2D eigenvalue weighted by molar-refractivity contribution is 7.81. The minimum absolute atomic E-state index is 0.269. The standard InChI is InChI=1S/C29H28N10O3S2/c40-18-30-35-23-8-6-22(7-9-23)34-29(44)39(27-16-12-25(13-17-27)37-32-20-42)38(28(43)33-21-4-2-1-3-5-21)26-14-10-24(11-15-26)36-31-19-41/h1-20,35-37H,(H,30,40)(H,31,41)(H,32,42)(H,33,43)(H,34,44). The summed E-state index contributed by atoms with van der Waals surface area (Å²) in [5.74, 6) is 0. The van der Waals surface area contributed by atoms with Crippen LogP contribution in [0.3, 0.4) is 0 Å². The summed E-state index contributed by atoms with van der Waals surface area (Å²) in [6, 6.07) is 30.9. The maximum Gasteiger partial charge on any atom is 0.225 e. The van der Waals surface area contributed by atoms with Crippen molar-refractivity contribution in [3.05, 3.63) is 103 Å². The molecule has 8 N–H and O–H groups in total. The Kier molecular flexibility index (Phi) is 11.2. The van der Waals surface area contributed by atoms with Gasteiger partial charge in [0.2, 0.25) is 19.2 Å². The number of amides is 3. The summed E-state index contributed by atoms with van der Waals surface area (Å²) in [6.07, 6.45) is 1.61. The molecule has 0 heterocycles. The van der Waals surface area contributed by atoms with Gasteiger partial charge in [-0.15, -0.1) is 0 Å². The van der Waals surface area contributed by atoms with Gasteiger partial charge in [-0.1, -0.05) is 18.2 Å². The Balaban J connectivity index is 1.74. The van der Waals surface area contributed by atoms with Gasteiger partial charge in [-0.2, -0.15) is 0 Å². The molecule has 0 saturated heterocycles. The van der Waals surface area contributed by atoms with Gasteiger partial charge in [0, 0.05) is 11.4 Å². The second-order valence-corrected chi connectivity index (χ2v) is 9.46. The predicted molar refractivity (Wildman–Crippen MR) is 182 cm³/mol. The fraction of sp³-hybridized carbons (Fsp3) is 0. The molecule has 3 amide bonds. The molecule has 0 unspecified atom stereocenters. The Bertz CT molecular complexity index is 1560. The fourth-order valence-electron chi connectivity index (χ4n) is 3.87. The first-order valence-corrected chi connectivity index (χ1v) is 13.8. The zero-order valence-corrected chi connectivity index (χ0v) is 24.6. The average molecular weight is 629 g/mol. The normalized spacial score (nSPS) is 9.82. The van der Waals surface area contributed by atoms with Crippen LogP contribution in [-0.2, 0) is 14.4 Å². The topological polar surface area (TPSA) is 154 Å².